The first-order chi connectivity index (χ1) is 19.4. The fourth-order valence-electron chi connectivity index (χ4n) is 4.52. The van der Waals surface area contributed by atoms with Crippen LogP contribution in [-0.2, 0) is 23.9 Å². The van der Waals surface area contributed by atoms with Crippen LogP contribution in [0, 0.1) is 0 Å². The second kappa shape index (κ2) is 11.9. The Morgan fingerprint density at radius 2 is 1.82 bits per heavy atom. The molecule has 4 N–H and O–H groups in total. The lowest BCUT2D eigenvalue weighted by Gasteiger charge is -2.49. The maximum atomic E-state index is 13.7. The largest absolute Gasteiger partial charge is 0.448 e. The number of anilines is 1. The lowest BCUT2D eigenvalue weighted by atomic mass is 10.0. The number of amides is 2. The third-order valence-corrected chi connectivity index (χ3v) is 8.37. The number of aromatic nitrogens is 1. The van der Waals surface area contributed by atoms with Crippen LogP contribution in [0.15, 0.2) is 82.5 Å². The number of nitrogens with zero attached hydrogens (tertiary/aromatic N) is 3. The van der Waals surface area contributed by atoms with Crippen LogP contribution in [0.2, 0.25) is 0 Å². The van der Waals surface area contributed by atoms with Gasteiger partial charge < -0.3 is 25.7 Å². The molecule has 2 aliphatic heterocycles. The summed E-state index contributed by atoms with van der Waals surface area (Å²) in [4.78, 5) is 45.3. The number of nitrogens with one attached hydrogen (secondary N) is 1. The predicted molar refractivity (Wildman–Crippen MR) is 150 cm³/mol. The molecule has 0 saturated carbocycles. The molecule has 1 fully saturated rings. The second-order valence-electron chi connectivity index (χ2n) is 8.87. The van der Waals surface area contributed by atoms with Gasteiger partial charge in [0, 0.05) is 18.2 Å². The van der Waals surface area contributed by atoms with Crippen LogP contribution in [-0.4, -0.2) is 69.5 Å². The van der Waals surface area contributed by atoms with E-state index < -0.39 is 35.3 Å². The van der Waals surface area contributed by atoms with Crippen LogP contribution in [0.4, 0.5) is 5.13 Å². The van der Waals surface area contributed by atoms with Crippen molar-refractivity contribution in [1.29, 1.82) is 0 Å². The molecular formula is C27H25N5O6S2. The summed E-state index contributed by atoms with van der Waals surface area (Å²) in [6.07, 6.45) is -0.708. The molecular weight excluding hydrogens is 554 g/mol. The minimum absolute atomic E-state index is 0.0850. The summed E-state index contributed by atoms with van der Waals surface area (Å²) in [5, 5.41) is 16.1. The number of oxime groups is 1. The Kier molecular flexibility index (Phi) is 8.14. The number of esters is 1. The molecule has 2 atom stereocenters. The quantitative estimate of drug-likeness (QED) is 0.114. The Hall–Kier alpha value is -4.20. The number of nitrogens with two attached hydrogens (primary N) is 1. The summed E-state index contributed by atoms with van der Waals surface area (Å²) < 4.78 is 11.4. The number of β-lactam (4-membered cyclic amide) rings is 1. The van der Waals surface area contributed by atoms with Gasteiger partial charge in [0.25, 0.3) is 11.8 Å². The lowest BCUT2D eigenvalue weighted by molar-refractivity contribution is -0.154. The zero-order valence-corrected chi connectivity index (χ0v) is 22.9. The SMILES string of the molecule is COCC1=C(C(=O)OC(c2ccccc2)c2ccccc2)N2C(=O)C(NC(=O)C(=NO)c3csc(N)n3)[C@H]2SC1. The molecule has 5 rings (SSSR count). The van der Waals surface area contributed by atoms with E-state index in [0.29, 0.717) is 11.3 Å². The fourth-order valence-corrected chi connectivity index (χ4v) is 6.40. The van der Waals surface area contributed by atoms with E-state index in [2.05, 4.69) is 15.5 Å². The van der Waals surface area contributed by atoms with Crippen LogP contribution in [0.5, 0.6) is 0 Å². The van der Waals surface area contributed by atoms with E-state index in [0.717, 1.165) is 22.5 Å². The van der Waals surface area contributed by atoms with Gasteiger partial charge >= 0.3 is 5.97 Å². The summed E-state index contributed by atoms with van der Waals surface area (Å²) in [5.74, 6) is -1.60. The number of carbonyl (C=O) groups is 3. The van der Waals surface area contributed by atoms with E-state index >= 15 is 0 Å². The van der Waals surface area contributed by atoms with Gasteiger partial charge in [0.1, 0.15) is 22.8 Å². The van der Waals surface area contributed by atoms with Crippen LogP contribution in [0.1, 0.15) is 22.9 Å². The zero-order chi connectivity index (χ0) is 28.2. The van der Waals surface area contributed by atoms with E-state index in [9.17, 15) is 19.6 Å². The molecule has 11 nitrogen and oxygen atoms in total. The number of fused-ring (bicyclic) bond motifs is 1. The molecule has 2 aromatic carbocycles. The summed E-state index contributed by atoms with van der Waals surface area (Å²) in [5.41, 5.74) is 7.58. The number of carbonyl (C=O) groups excluding carboxylic acids is 3. The van der Waals surface area contributed by atoms with Gasteiger partial charge in [0.05, 0.1) is 6.61 Å². The first-order valence-corrected chi connectivity index (χ1v) is 14.1. The molecule has 3 aromatic rings. The maximum absolute atomic E-state index is 13.7. The minimum atomic E-state index is -0.962. The number of ether oxygens (including phenoxy) is 2. The number of rotatable bonds is 9. The standard InChI is InChI=1S/C27H25N5O6S2/c1-37-12-17-13-39-25-20(30-23(33)19(31-36)18-14-40-27(28)29-18)24(34)32(25)21(17)26(35)38-22(15-8-4-2-5-9-15)16-10-6-3-7-11-16/h2-11,14,20,22,25,36H,12-13H2,1H3,(H2,28,29)(H,30,33)/t20?,25-/m1/s1. The van der Waals surface area contributed by atoms with Crippen LogP contribution in [0.25, 0.3) is 0 Å². The molecule has 0 spiro atoms. The topological polar surface area (TPSA) is 156 Å². The van der Waals surface area contributed by atoms with Crippen LogP contribution >= 0.6 is 23.1 Å². The maximum Gasteiger partial charge on any atom is 0.356 e. The number of nitrogen functional groups attached to an aromatic ring is 1. The first-order valence-electron chi connectivity index (χ1n) is 12.1. The Balaban J connectivity index is 1.39. The van der Waals surface area contributed by atoms with Crippen LogP contribution in [0.3, 0.4) is 0 Å². The highest BCUT2D eigenvalue weighted by Gasteiger charge is 2.55. The minimum Gasteiger partial charge on any atom is -0.448 e. The number of hydrogen-bond donors (Lipinski definition) is 3. The van der Waals surface area contributed by atoms with Gasteiger partial charge in [-0.2, -0.15) is 0 Å². The predicted octanol–water partition coefficient (Wildman–Crippen LogP) is 2.54. The zero-order valence-electron chi connectivity index (χ0n) is 21.2. The van der Waals surface area contributed by atoms with E-state index in [1.807, 2.05) is 60.7 Å². The molecule has 1 unspecified atom stereocenters. The van der Waals surface area contributed by atoms with Gasteiger partial charge in [-0.3, -0.25) is 14.5 Å². The van der Waals surface area contributed by atoms with Gasteiger partial charge in [-0.15, -0.1) is 23.1 Å². The molecule has 2 amide bonds. The van der Waals surface area contributed by atoms with Crippen molar-refractivity contribution in [3.8, 4) is 0 Å². The summed E-state index contributed by atoms with van der Waals surface area (Å²) in [6.45, 7) is 0.124. The van der Waals surface area contributed by atoms with Gasteiger partial charge in [-0.05, 0) is 16.7 Å². The molecule has 0 aliphatic carbocycles. The number of thiazole rings is 1. The molecule has 13 heteroatoms. The van der Waals surface area contributed by atoms with Crippen molar-refractivity contribution in [2.24, 2.45) is 5.16 Å². The Labute approximate surface area is 237 Å². The van der Waals surface area contributed by atoms with Crippen molar-refractivity contribution in [3.05, 3.63) is 94.1 Å². The molecule has 206 valence electrons. The molecule has 3 heterocycles. The van der Waals surface area contributed by atoms with E-state index in [1.165, 1.54) is 29.2 Å². The third-order valence-electron chi connectivity index (χ3n) is 6.35. The third kappa shape index (κ3) is 5.30. The number of hydrogen-bond acceptors (Lipinski definition) is 11. The van der Waals surface area contributed by atoms with Crippen molar-refractivity contribution in [2.45, 2.75) is 17.5 Å². The molecule has 1 saturated heterocycles. The van der Waals surface area contributed by atoms with E-state index in [4.69, 9.17) is 15.2 Å². The number of thioether (sulfide) groups is 1. The Bertz CT molecular complexity index is 1440. The van der Waals surface area contributed by atoms with Gasteiger partial charge in [0.15, 0.2) is 16.9 Å². The van der Waals surface area contributed by atoms with Gasteiger partial charge in [-0.25, -0.2) is 9.78 Å². The fraction of sp³-hybridized carbons (Fsp3) is 0.222. The van der Waals surface area contributed by atoms with Crippen molar-refractivity contribution >= 4 is 51.7 Å². The van der Waals surface area contributed by atoms with Crippen molar-refractivity contribution in [2.75, 3.05) is 25.2 Å². The average Bonchev–Trinajstić information content (AvgIpc) is 3.41. The van der Waals surface area contributed by atoms with E-state index in [1.54, 1.807) is 0 Å². The summed E-state index contributed by atoms with van der Waals surface area (Å²) in [6, 6.07) is 17.7. The Morgan fingerprint density at radius 3 is 2.38 bits per heavy atom. The molecule has 0 radical (unpaired) electrons. The second-order valence-corrected chi connectivity index (χ2v) is 10.9. The van der Waals surface area contributed by atoms with Gasteiger partial charge in [0.2, 0.25) is 0 Å². The highest BCUT2D eigenvalue weighted by Crippen LogP contribution is 2.41. The summed E-state index contributed by atoms with van der Waals surface area (Å²) >= 11 is 2.45. The van der Waals surface area contributed by atoms with E-state index in [-0.39, 0.29) is 28.8 Å². The highest BCUT2D eigenvalue weighted by atomic mass is 32.2. The highest BCUT2D eigenvalue weighted by molar-refractivity contribution is 8.00. The molecule has 40 heavy (non-hydrogen) atoms. The molecule has 1 aromatic heterocycles. The van der Waals surface area contributed by atoms with Gasteiger partial charge in [-0.1, -0.05) is 65.8 Å². The summed E-state index contributed by atoms with van der Waals surface area (Å²) in [7, 11) is 1.51. The number of methoxy groups -OCH3 is 1. The smallest absolute Gasteiger partial charge is 0.356 e. The Morgan fingerprint density at radius 1 is 1.18 bits per heavy atom. The van der Waals surface area contributed by atoms with Crippen molar-refractivity contribution in [1.82, 2.24) is 15.2 Å². The normalized spacial score (nSPS) is 18.8. The first kappa shape index (κ1) is 27.4. The molecule has 2 aliphatic rings. The molecule has 0 bridgehead atoms. The number of benzene rings is 2. The van der Waals surface area contributed by atoms with Crippen molar-refractivity contribution in [3.63, 3.8) is 0 Å². The van der Waals surface area contributed by atoms with Crippen LogP contribution < -0.4 is 11.1 Å². The average molecular weight is 580 g/mol. The monoisotopic (exact) mass is 579 g/mol. The lowest BCUT2D eigenvalue weighted by Crippen LogP contribution is -2.71. The van der Waals surface area contributed by atoms with Crippen molar-refractivity contribution < 1.29 is 29.1 Å².